The molecule has 1 atom stereocenters. The molecule has 2 aromatic carbocycles. The summed E-state index contributed by atoms with van der Waals surface area (Å²) < 4.78 is 39.8. The molecule has 2 rings (SSSR count). The van der Waals surface area contributed by atoms with Gasteiger partial charge in [-0.25, -0.2) is 0 Å². The molecule has 0 fully saturated rings. The van der Waals surface area contributed by atoms with Crippen molar-refractivity contribution in [3.63, 3.8) is 0 Å². The first-order chi connectivity index (χ1) is 14.5. The molecule has 0 aliphatic carbocycles. The second kappa shape index (κ2) is 11.1. The fraction of sp³-hybridized carbons (Fsp3) is 0.333. The summed E-state index contributed by atoms with van der Waals surface area (Å²) in [7, 11) is 1.41. The highest BCUT2D eigenvalue weighted by molar-refractivity contribution is 7.98. The van der Waals surface area contributed by atoms with Crippen LogP contribution in [0.2, 0.25) is 10.0 Å². The summed E-state index contributed by atoms with van der Waals surface area (Å²) in [6, 6.07) is 8.52. The van der Waals surface area contributed by atoms with E-state index in [9.17, 15) is 22.8 Å². The Kier molecular flexibility index (Phi) is 9.09. The van der Waals surface area contributed by atoms with Gasteiger partial charge >= 0.3 is 6.18 Å². The van der Waals surface area contributed by atoms with Gasteiger partial charge in [0.05, 0.1) is 16.1 Å². The number of benzene rings is 2. The largest absolute Gasteiger partial charge is 0.416 e. The highest BCUT2D eigenvalue weighted by Crippen LogP contribution is 2.32. The van der Waals surface area contributed by atoms with Crippen LogP contribution in [0.4, 0.5) is 13.2 Å². The van der Waals surface area contributed by atoms with Crippen LogP contribution in [0.25, 0.3) is 0 Å². The van der Waals surface area contributed by atoms with Gasteiger partial charge in [0.25, 0.3) is 5.91 Å². The van der Waals surface area contributed by atoms with E-state index in [2.05, 4.69) is 5.32 Å². The number of likely N-dealkylation sites (N-methyl/N-ethyl adjacent to an activating group) is 1. The molecule has 1 unspecified atom stereocenters. The van der Waals surface area contributed by atoms with E-state index in [1.54, 1.807) is 0 Å². The van der Waals surface area contributed by atoms with Crippen LogP contribution in [0.3, 0.4) is 0 Å². The van der Waals surface area contributed by atoms with E-state index in [1.165, 1.54) is 60.1 Å². The highest BCUT2D eigenvalue weighted by Gasteiger charge is 2.34. The zero-order valence-corrected chi connectivity index (χ0v) is 19.1. The maximum atomic E-state index is 13.3. The third-order valence-electron chi connectivity index (χ3n) is 4.50. The minimum atomic E-state index is -4.53. The summed E-state index contributed by atoms with van der Waals surface area (Å²) in [6.07, 6.45) is -2.37. The summed E-state index contributed by atoms with van der Waals surface area (Å²) in [6.45, 7) is -0.248. The van der Waals surface area contributed by atoms with Gasteiger partial charge in [0, 0.05) is 18.6 Å². The van der Waals surface area contributed by atoms with E-state index >= 15 is 0 Å². The number of carbonyl (C=O) groups is 2. The monoisotopic (exact) mass is 492 g/mol. The smallest absolute Gasteiger partial charge is 0.340 e. The summed E-state index contributed by atoms with van der Waals surface area (Å²) in [5.41, 5.74) is -0.674. The first-order valence-corrected chi connectivity index (χ1v) is 11.3. The van der Waals surface area contributed by atoms with Crippen LogP contribution in [-0.2, 0) is 17.5 Å². The van der Waals surface area contributed by atoms with Crippen molar-refractivity contribution in [1.82, 2.24) is 10.2 Å². The molecule has 0 saturated heterocycles. The van der Waals surface area contributed by atoms with E-state index < -0.39 is 29.6 Å². The molecule has 0 aliphatic heterocycles. The number of alkyl halides is 3. The normalized spacial score (nSPS) is 12.4. The number of hydrogen-bond acceptors (Lipinski definition) is 3. The summed E-state index contributed by atoms with van der Waals surface area (Å²) in [5, 5.41) is 3.14. The fourth-order valence-corrected chi connectivity index (χ4v) is 3.90. The van der Waals surface area contributed by atoms with Gasteiger partial charge in [0.1, 0.15) is 6.04 Å². The average Bonchev–Trinajstić information content (AvgIpc) is 2.69. The van der Waals surface area contributed by atoms with E-state index in [0.717, 1.165) is 6.07 Å². The molecular weight excluding hydrogens is 472 g/mol. The van der Waals surface area contributed by atoms with E-state index in [-0.39, 0.29) is 22.7 Å². The Hall–Kier alpha value is -1.90. The Balaban J connectivity index is 2.20. The second-order valence-corrected chi connectivity index (χ2v) is 8.61. The first kappa shape index (κ1) is 25.4. The minimum Gasteiger partial charge on any atom is -0.340 e. The van der Waals surface area contributed by atoms with Gasteiger partial charge in [-0.05, 0) is 48.3 Å². The van der Waals surface area contributed by atoms with Gasteiger partial charge in [-0.3, -0.25) is 9.59 Å². The number of nitrogens with zero attached hydrogens (tertiary/aromatic N) is 1. The lowest BCUT2D eigenvalue weighted by molar-refractivity contribution is -0.139. The number of rotatable bonds is 8. The van der Waals surface area contributed by atoms with Crippen LogP contribution in [0.5, 0.6) is 0 Å². The molecule has 10 heteroatoms. The van der Waals surface area contributed by atoms with Crippen LogP contribution < -0.4 is 5.32 Å². The third-order valence-corrected chi connectivity index (χ3v) is 5.69. The SMILES string of the molecule is CSCCC(NC(=O)c1ccc(Cl)cc1Cl)C(=O)N(C)Cc1ccccc1C(F)(F)F. The molecule has 31 heavy (non-hydrogen) atoms. The molecule has 168 valence electrons. The fourth-order valence-electron chi connectivity index (χ4n) is 2.94. The lowest BCUT2D eigenvalue weighted by atomic mass is 10.1. The van der Waals surface area contributed by atoms with Crippen LogP contribution in [-0.4, -0.2) is 41.8 Å². The van der Waals surface area contributed by atoms with Crippen molar-refractivity contribution >= 4 is 46.8 Å². The van der Waals surface area contributed by atoms with Gasteiger partial charge in [-0.2, -0.15) is 24.9 Å². The van der Waals surface area contributed by atoms with Gasteiger partial charge in [-0.1, -0.05) is 41.4 Å². The van der Waals surface area contributed by atoms with Crippen LogP contribution in [0, 0.1) is 0 Å². The average molecular weight is 493 g/mol. The van der Waals surface area contributed by atoms with E-state index in [0.29, 0.717) is 17.2 Å². The van der Waals surface area contributed by atoms with Crippen molar-refractivity contribution in [1.29, 1.82) is 0 Å². The lowest BCUT2D eigenvalue weighted by Gasteiger charge is -2.26. The van der Waals surface area contributed by atoms with Crippen LogP contribution >= 0.6 is 35.0 Å². The maximum Gasteiger partial charge on any atom is 0.416 e. The molecule has 4 nitrogen and oxygen atoms in total. The van der Waals surface area contributed by atoms with Crippen LogP contribution in [0.15, 0.2) is 42.5 Å². The minimum absolute atomic E-state index is 0.0264. The molecule has 0 aromatic heterocycles. The molecule has 0 radical (unpaired) electrons. The highest BCUT2D eigenvalue weighted by atomic mass is 35.5. The predicted octanol–water partition coefficient (Wildman–Crippen LogP) is 5.52. The maximum absolute atomic E-state index is 13.3. The van der Waals surface area contributed by atoms with Crippen LogP contribution in [0.1, 0.15) is 27.9 Å². The Morgan fingerprint density at radius 2 is 1.84 bits per heavy atom. The zero-order chi connectivity index (χ0) is 23.2. The third kappa shape index (κ3) is 7.05. The lowest BCUT2D eigenvalue weighted by Crippen LogP contribution is -2.47. The van der Waals surface area contributed by atoms with E-state index in [1.807, 2.05) is 6.26 Å². The van der Waals surface area contributed by atoms with Crippen molar-refractivity contribution in [3.05, 3.63) is 69.2 Å². The number of carbonyl (C=O) groups excluding carboxylic acids is 2. The zero-order valence-electron chi connectivity index (χ0n) is 16.8. The molecule has 0 heterocycles. The molecular formula is C21H21Cl2F3N2O2S. The molecule has 2 aromatic rings. The topological polar surface area (TPSA) is 49.4 Å². The number of thioether (sulfide) groups is 1. The van der Waals surface area contributed by atoms with Gasteiger partial charge in [-0.15, -0.1) is 0 Å². The van der Waals surface area contributed by atoms with Crippen molar-refractivity contribution in [2.45, 2.75) is 25.2 Å². The quantitative estimate of drug-likeness (QED) is 0.527. The first-order valence-electron chi connectivity index (χ1n) is 9.19. The summed E-state index contributed by atoms with van der Waals surface area (Å²) in [4.78, 5) is 26.8. The standard InChI is InChI=1S/C21H21Cl2F3N2O2S/c1-28(12-13-5-3-4-6-16(13)21(24,25)26)20(30)18(9-10-31-2)27-19(29)15-8-7-14(22)11-17(15)23/h3-8,11,18H,9-10,12H2,1-2H3,(H,27,29). The van der Waals surface area contributed by atoms with Gasteiger partial charge in [0.2, 0.25) is 5.91 Å². The molecule has 0 aliphatic rings. The van der Waals surface area contributed by atoms with Gasteiger partial charge in [0.15, 0.2) is 0 Å². The Labute approximate surface area is 193 Å². The van der Waals surface area contributed by atoms with Crippen molar-refractivity contribution in [2.75, 3.05) is 19.1 Å². The summed E-state index contributed by atoms with van der Waals surface area (Å²) >= 11 is 13.4. The number of nitrogens with one attached hydrogen (secondary N) is 1. The molecule has 0 saturated carbocycles. The predicted molar refractivity (Wildman–Crippen MR) is 119 cm³/mol. The van der Waals surface area contributed by atoms with Crippen molar-refractivity contribution in [3.8, 4) is 0 Å². The second-order valence-electron chi connectivity index (χ2n) is 6.78. The summed E-state index contributed by atoms with van der Waals surface area (Å²) in [5.74, 6) is -0.493. The Morgan fingerprint density at radius 3 is 2.45 bits per heavy atom. The molecule has 0 spiro atoms. The molecule has 0 bridgehead atoms. The van der Waals surface area contributed by atoms with E-state index in [4.69, 9.17) is 23.2 Å². The Bertz CT molecular complexity index is 941. The molecule has 1 N–H and O–H groups in total. The number of amides is 2. The number of hydrogen-bond donors (Lipinski definition) is 1. The Morgan fingerprint density at radius 1 is 1.16 bits per heavy atom. The van der Waals surface area contributed by atoms with Crippen molar-refractivity contribution in [2.24, 2.45) is 0 Å². The van der Waals surface area contributed by atoms with Gasteiger partial charge < -0.3 is 10.2 Å². The van der Waals surface area contributed by atoms with Crippen molar-refractivity contribution < 1.29 is 22.8 Å². The number of halogens is 5. The molecule has 2 amide bonds.